The SMILES string of the molecule is C[C@@]1(C(=O)O)N[C@@H](c2ccccc2O)[C@@H]2C(=O)N(c3ccccc3[N+](=O)[O-])C(=O)[C@@H]21. The maximum Gasteiger partial charge on any atom is 0.324 e. The minimum Gasteiger partial charge on any atom is -0.508 e. The first kappa shape index (κ1) is 19.5. The number of hydrogen-bond donors (Lipinski definition) is 3. The highest BCUT2D eigenvalue weighted by Gasteiger charge is 2.67. The molecule has 2 aromatic carbocycles. The summed E-state index contributed by atoms with van der Waals surface area (Å²) in [7, 11) is 0. The van der Waals surface area contributed by atoms with Gasteiger partial charge in [0.05, 0.1) is 16.8 Å². The molecular weight excluding hydrogens is 394 g/mol. The van der Waals surface area contributed by atoms with Crippen LogP contribution in [0.15, 0.2) is 48.5 Å². The molecule has 0 aliphatic carbocycles. The quantitative estimate of drug-likeness (QED) is 0.390. The van der Waals surface area contributed by atoms with E-state index in [9.17, 15) is 34.7 Å². The summed E-state index contributed by atoms with van der Waals surface area (Å²) in [5.74, 6) is -5.58. The van der Waals surface area contributed by atoms with Crippen LogP contribution in [0.5, 0.6) is 5.75 Å². The van der Waals surface area contributed by atoms with Crippen LogP contribution in [0.3, 0.4) is 0 Å². The highest BCUT2D eigenvalue weighted by Crippen LogP contribution is 2.51. The molecule has 2 fully saturated rings. The first-order chi connectivity index (χ1) is 14.2. The summed E-state index contributed by atoms with van der Waals surface area (Å²) >= 11 is 0. The monoisotopic (exact) mass is 411 g/mol. The molecular formula is C20H17N3O7. The van der Waals surface area contributed by atoms with Gasteiger partial charge in [-0.3, -0.25) is 29.8 Å². The van der Waals surface area contributed by atoms with Crippen molar-refractivity contribution in [2.24, 2.45) is 11.8 Å². The fourth-order valence-corrected chi connectivity index (χ4v) is 4.40. The van der Waals surface area contributed by atoms with Gasteiger partial charge in [-0.25, -0.2) is 4.90 Å². The molecule has 0 saturated carbocycles. The van der Waals surface area contributed by atoms with Gasteiger partial charge in [0.15, 0.2) is 0 Å². The molecule has 30 heavy (non-hydrogen) atoms. The van der Waals surface area contributed by atoms with E-state index in [4.69, 9.17) is 0 Å². The third kappa shape index (κ3) is 2.57. The van der Waals surface area contributed by atoms with Crippen molar-refractivity contribution in [3.05, 3.63) is 64.2 Å². The fraction of sp³-hybridized carbons (Fsp3) is 0.250. The summed E-state index contributed by atoms with van der Waals surface area (Å²) in [5.41, 5.74) is -2.20. The Morgan fingerprint density at radius 3 is 2.40 bits per heavy atom. The molecule has 2 heterocycles. The number of fused-ring (bicyclic) bond motifs is 1. The lowest BCUT2D eigenvalue weighted by atomic mass is 9.80. The molecule has 0 bridgehead atoms. The molecule has 2 aromatic rings. The second kappa shape index (κ2) is 6.63. The number of nitro benzene ring substituents is 1. The van der Waals surface area contributed by atoms with Crippen LogP contribution < -0.4 is 10.2 Å². The molecule has 2 amide bonds. The number of phenols is 1. The average Bonchev–Trinajstić information content (AvgIpc) is 3.16. The van der Waals surface area contributed by atoms with Crippen LogP contribution in [0.4, 0.5) is 11.4 Å². The van der Waals surface area contributed by atoms with Gasteiger partial charge in [-0.05, 0) is 19.1 Å². The first-order valence-electron chi connectivity index (χ1n) is 9.08. The van der Waals surface area contributed by atoms with Crippen molar-refractivity contribution in [3.63, 3.8) is 0 Å². The van der Waals surface area contributed by atoms with Crippen LogP contribution in [0.1, 0.15) is 18.5 Å². The van der Waals surface area contributed by atoms with Crippen molar-refractivity contribution in [3.8, 4) is 5.75 Å². The van der Waals surface area contributed by atoms with Gasteiger partial charge in [0, 0.05) is 17.7 Å². The molecule has 0 unspecified atom stereocenters. The Balaban J connectivity index is 1.88. The van der Waals surface area contributed by atoms with E-state index in [1.54, 1.807) is 12.1 Å². The largest absolute Gasteiger partial charge is 0.508 e. The van der Waals surface area contributed by atoms with Crippen LogP contribution in [-0.4, -0.2) is 38.5 Å². The number of nitrogens with zero attached hydrogens (tertiary/aromatic N) is 2. The van der Waals surface area contributed by atoms with Crippen molar-refractivity contribution < 1.29 is 29.5 Å². The topological polar surface area (TPSA) is 150 Å². The van der Waals surface area contributed by atoms with Crippen molar-refractivity contribution in [1.29, 1.82) is 0 Å². The second-order valence-corrected chi connectivity index (χ2v) is 7.45. The smallest absolute Gasteiger partial charge is 0.324 e. The van der Waals surface area contributed by atoms with E-state index in [0.717, 1.165) is 0 Å². The number of imide groups is 1. The van der Waals surface area contributed by atoms with Crippen molar-refractivity contribution in [2.45, 2.75) is 18.5 Å². The van der Waals surface area contributed by atoms with Gasteiger partial charge in [-0.15, -0.1) is 0 Å². The lowest BCUT2D eigenvalue weighted by molar-refractivity contribution is -0.384. The van der Waals surface area contributed by atoms with E-state index in [1.807, 2.05) is 0 Å². The number of aliphatic carboxylic acids is 1. The Bertz CT molecular complexity index is 1100. The summed E-state index contributed by atoms with van der Waals surface area (Å²) in [6.07, 6.45) is 0. The van der Waals surface area contributed by atoms with Gasteiger partial charge in [0.1, 0.15) is 17.0 Å². The number of nitro groups is 1. The number of hydrogen-bond acceptors (Lipinski definition) is 7. The van der Waals surface area contributed by atoms with Crippen molar-refractivity contribution in [2.75, 3.05) is 4.90 Å². The van der Waals surface area contributed by atoms with Gasteiger partial charge >= 0.3 is 5.97 Å². The Morgan fingerprint density at radius 2 is 1.77 bits per heavy atom. The van der Waals surface area contributed by atoms with Crippen LogP contribution in [0, 0.1) is 22.0 Å². The highest BCUT2D eigenvalue weighted by atomic mass is 16.6. The van der Waals surface area contributed by atoms with Gasteiger partial charge in [0.2, 0.25) is 11.8 Å². The number of carbonyl (C=O) groups is 3. The normalized spacial score (nSPS) is 27.9. The lowest BCUT2D eigenvalue weighted by Crippen LogP contribution is -2.53. The number of anilines is 1. The summed E-state index contributed by atoms with van der Waals surface area (Å²) in [4.78, 5) is 50.1. The summed E-state index contributed by atoms with van der Waals surface area (Å²) in [6.45, 7) is 1.29. The number of carboxylic acid groups (broad SMARTS) is 1. The maximum atomic E-state index is 13.3. The number of aromatic hydroxyl groups is 1. The van der Waals surface area contributed by atoms with Crippen molar-refractivity contribution in [1.82, 2.24) is 5.32 Å². The number of carboxylic acids is 1. The van der Waals surface area contributed by atoms with Gasteiger partial charge in [-0.1, -0.05) is 30.3 Å². The molecule has 0 radical (unpaired) electrons. The second-order valence-electron chi connectivity index (χ2n) is 7.45. The number of phenolic OH excluding ortho intramolecular Hbond substituents is 1. The fourth-order valence-electron chi connectivity index (χ4n) is 4.40. The lowest BCUT2D eigenvalue weighted by Gasteiger charge is -2.27. The zero-order valence-corrected chi connectivity index (χ0v) is 15.7. The number of carbonyl (C=O) groups excluding carboxylic acids is 2. The van der Waals surface area contributed by atoms with Crippen molar-refractivity contribution >= 4 is 29.2 Å². The van der Waals surface area contributed by atoms with Gasteiger partial charge in [-0.2, -0.15) is 0 Å². The zero-order chi connectivity index (χ0) is 21.8. The molecule has 0 aromatic heterocycles. The predicted octanol–water partition coefficient (Wildman–Crippen LogP) is 1.59. The van der Waals surface area contributed by atoms with E-state index in [2.05, 4.69) is 5.32 Å². The number of amides is 2. The summed E-state index contributed by atoms with van der Waals surface area (Å²) < 4.78 is 0. The van der Waals surface area contributed by atoms with E-state index in [-0.39, 0.29) is 17.0 Å². The number of para-hydroxylation sites is 3. The zero-order valence-electron chi connectivity index (χ0n) is 15.7. The van der Waals surface area contributed by atoms with E-state index < -0.39 is 51.8 Å². The highest BCUT2D eigenvalue weighted by molar-refractivity contribution is 6.25. The molecule has 2 saturated heterocycles. The third-order valence-electron chi connectivity index (χ3n) is 5.82. The molecule has 154 valence electrons. The van der Waals surface area contributed by atoms with E-state index in [0.29, 0.717) is 4.90 Å². The molecule has 0 spiro atoms. The molecule has 2 aliphatic rings. The van der Waals surface area contributed by atoms with Gasteiger partial charge < -0.3 is 10.2 Å². The minimum atomic E-state index is -1.82. The summed E-state index contributed by atoms with van der Waals surface area (Å²) in [5, 5.41) is 34.4. The standard InChI is InChI=1S/C20H17N3O7/c1-20(19(27)28)15-14(16(21-20)10-6-2-5-9-13(10)24)17(25)22(18(15)26)11-7-3-4-8-12(11)23(29)30/h2-9,14-16,21,24H,1H3,(H,27,28)/t14-,15-,16+,20-/m1/s1. The molecule has 3 N–H and O–H groups in total. The number of nitrogens with one attached hydrogen (secondary N) is 1. The molecule has 4 rings (SSSR count). The number of benzene rings is 2. The number of rotatable bonds is 4. The van der Waals surface area contributed by atoms with Crippen LogP contribution in [0.25, 0.3) is 0 Å². The average molecular weight is 411 g/mol. The third-order valence-corrected chi connectivity index (χ3v) is 5.82. The first-order valence-corrected chi connectivity index (χ1v) is 9.08. The molecule has 10 nitrogen and oxygen atoms in total. The van der Waals surface area contributed by atoms with Gasteiger partial charge in [0.25, 0.3) is 5.69 Å². The maximum absolute atomic E-state index is 13.3. The van der Waals surface area contributed by atoms with Crippen LogP contribution in [0.2, 0.25) is 0 Å². The Kier molecular flexibility index (Phi) is 4.31. The Labute approximate surface area is 169 Å². The Hall–Kier alpha value is -3.79. The minimum absolute atomic E-state index is 0.159. The predicted molar refractivity (Wildman–Crippen MR) is 103 cm³/mol. The van der Waals surface area contributed by atoms with Crippen LogP contribution >= 0.6 is 0 Å². The molecule has 4 atom stereocenters. The van der Waals surface area contributed by atoms with Crippen LogP contribution in [-0.2, 0) is 14.4 Å². The van der Waals surface area contributed by atoms with E-state index in [1.165, 1.54) is 43.3 Å². The van der Waals surface area contributed by atoms with E-state index >= 15 is 0 Å². The molecule has 2 aliphatic heterocycles. The summed E-state index contributed by atoms with van der Waals surface area (Å²) in [6, 6.07) is 10.4. The molecule has 10 heteroatoms. The Morgan fingerprint density at radius 1 is 1.13 bits per heavy atom.